The Kier molecular flexibility index (Phi) is 7.54. The minimum absolute atomic E-state index is 0.148. The summed E-state index contributed by atoms with van der Waals surface area (Å²) in [7, 11) is -3.65. The first-order valence-corrected chi connectivity index (χ1v) is 13.1. The van der Waals surface area contributed by atoms with Crippen LogP contribution in [0.1, 0.15) is 42.7 Å². The Labute approximate surface area is 207 Å². The Balaban J connectivity index is 1.38. The highest BCUT2D eigenvalue weighted by Gasteiger charge is 2.32. The van der Waals surface area contributed by atoms with Crippen LogP contribution in [-0.2, 0) is 14.8 Å². The monoisotopic (exact) mass is 493 g/mol. The van der Waals surface area contributed by atoms with Gasteiger partial charge >= 0.3 is 0 Å². The molecule has 2 N–H and O–H groups in total. The maximum atomic E-state index is 13.0. The zero-order valence-corrected chi connectivity index (χ0v) is 21.0. The summed E-state index contributed by atoms with van der Waals surface area (Å²) in [6.07, 6.45) is -0.330. The SMILES string of the molecule is CC1CN(S(=O)(=O)c2ccc(C(=O)Nc3ccc(NC(C)c4ccccc4)cc3)cc2)CC(C)O1. The summed E-state index contributed by atoms with van der Waals surface area (Å²) in [5, 5.41) is 6.30. The van der Waals surface area contributed by atoms with Crippen molar-refractivity contribution in [1.82, 2.24) is 4.31 Å². The zero-order valence-electron chi connectivity index (χ0n) is 20.1. The molecule has 3 unspecified atom stereocenters. The molecule has 0 spiro atoms. The van der Waals surface area contributed by atoms with Gasteiger partial charge in [0.2, 0.25) is 10.0 Å². The Hall–Kier alpha value is -3.20. The van der Waals surface area contributed by atoms with Crippen LogP contribution in [0.15, 0.2) is 83.8 Å². The molecule has 1 saturated heterocycles. The fourth-order valence-corrected chi connectivity index (χ4v) is 5.77. The summed E-state index contributed by atoms with van der Waals surface area (Å²) in [5.41, 5.74) is 3.17. The van der Waals surface area contributed by atoms with Gasteiger partial charge < -0.3 is 15.4 Å². The molecular weight excluding hydrogens is 462 g/mol. The summed E-state index contributed by atoms with van der Waals surface area (Å²) in [5.74, 6) is -0.305. The Morgan fingerprint density at radius 1 is 0.886 bits per heavy atom. The number of carbonyl (C=O) groups excluding carboxylic acids is 1. The number of hydrogen-bond acceptors (Lipinski definition) is 5. The molecule has 1 aliphatic heterocycles. The smallest absolute Gasteiger partial charge is 0.255 e. The standard InChI is InChI=1S/C27H31N3O4S/c1-19-17-30(18-20(2)34-19)35(32,33)26-15-9-23(10-16-26)27(31)29-25-13-11-24(12-14-25)28-21(3)22-7-5-4-6-8-22/h4-16,19-21,28H,17-18H2,1-3H3,(H,29,31). The van der Waals surface area contributed by atoms with Gasteiger partial charge in [-0.25, -0.2) is 8.42 Å². The highest BCUT2D eigenvalue weighted by Crippen LogP contribution is 2.23. The number of nitrogens with one attached hydrogen (secondary N) is 2. The van der Waals surface area contributed by atoms with Crippen molar-refractivity contribution >= 4 is 27.3 Å². The Bertz CT molecular complexity index is 1240. The lowest BCUT2D eigenvalue weighted by Gasteiger charge is -2.34. The third-order valence-electron chi connectivity index (χ3n) is 5.97. The summed E-state index contributed by atoms with van der Waals surface area (Å²) >= 11 is 0. The average molecular weight is 494 g/mol. The molecule has 0 bridgehead atoms. The van der Waals surface area contributed by atoms with E-state index in [1.165, 1.54) is 34.1 Å². The quantitative estimate of drug-likeness (QED) is 0.488. The van der Waals surface area contributed by atoms with E-state index in [0.717, 1.165) is 5.69 Å². The molecule has 1 heterocycles. The van der Waals surface area contributed by atoms with Gasteiger partial charge in [0.05, 0.1) is 17.1 Å². The number of carbonyl (C=O) groups is 1. The molecule has 1 amide bonds. The van der Waals surface area contributed by atoms with Crippen LogP contribution in [0.2, 0.25) is 0 Å². The molecule has 184 valence electrons. The van der Waals surface area contributed by atoms with E-state index in [-0.39, 0.29) is 29.1 Å². The molecule has 3 atom stereocenters. The second-order valence-electron chi connectivity index (χ2n) is 8.91. The van der Waals surface area contributed by atoms with Crippen molar-refractivity contribution in [2.45, 2.75) is 43.9 Å². The largest absolute Gasteiger partial charge is 0.379 e. The number of sulfonamides is 1. The number of amides is 1. The number of hydrogen-bond donors (Lipinski definition) is 2. The highest BCUT2D eigenvalue weighted by atomic mass is 32.2. The molecule has 3 aromatic carbocycles. The fourth-order valence-electron chi connectivity index (χ4n) is 4.18. The predicted octanol–water partition coefficient (Wildman–Crippen LogP) is 4.91. The third kappa shape index (κ3) is 6.08. The van der Waals surface area contributed by atoms with E-state index < -0.39 is 10.0 Å². The van der Waals surface area contributed by atoms with Gasteiger partial charge in [0, 0.05) is 36.1 Å². The maximum absolute atomic E-state index is 13.0. The summed E-state index contributed by atoms with van der Waals surface area (Å²) in [6.45, 7) is 6.43. The van der Waals surface area contributed by atoms with E-state index in [4.69, 9.17) is 4.74 Å². The van der Waals surface area contributed by atoms with Crippen LogP contribution in [0.3, 0.4) is 0 Å². The minimum Gasteiger partial charge on any atom is -0.379 e. The van der Waals surface area contributed by atoms with Crippen molar-refractivity contribution in [2.75, 3.05) is 23.7 Å². The molecule has 0 aromatic heterocycles. The van der Waals surface area contributed by atoms with Crippen molar-refractivity contribution in [2.24, 2.45) is 0 Å². The van der Waals surface area contributed by atoms with Crippen LogP contribution in [-0.4, -0.2) is 43.9 Å². The second kappa shape index (κ2) is 10.6. The number of benzene rings is 3. The number of nitrogens with zero attached hydrogens (tertiary/aromatic N) is 1. The van der Waals surface area contributed by atoms with E-state index in [1.54, 1.807) is 0 Å². The molecular formula is C27H31N3O4S. The molecule has 0 radical (unpaired) electrons. The second-order valence-corrected chi connectivity index (χ2v) is 10.8. The van der Waals surface area contributed by atoms with Gasteiger partial charge in [0.1, 0.15) is 0 Å². The third-order valence-corrected chi connectivity index (χ3v) is 7.81. The number of anilines is 2. The molecule has 1 fully saturated rings. The van der Waals surface area contributed by atoms with Crippen LogP contribution in [0, 0.1) is 0 Å². The van der Waals surface area contributed by atoms with Crippen molar-refractivity contribution in [3.05, 3.63) is 90.0 Å². The van der Waals surface area contributed by atoms with Gasteiger partial charge in [-0.05, 0) is 74.9 Å². The molecule has 7 nitrogen and oxygen atoms in total. The van der Waals surface area contributed by atoms with Crippen LogP contribution in [0.4, 0.5) is 11.4 Å². The average Bonchev–Trinajstić information content (AvgIpc) is 2.85. The maximum Gasteiger partial charge on any atom is 0.255 e. The first-order chi connectivity index (χ1) is 16.7. The van der Waals surface area contributed by atoms with Gasteiger partial charge in [-0.3, -0.25) is 4.79 Å². The number of rotatable bonds is 7. The van der Waals surface area contributed by atoms with E-state index in [9.17, 15) is 13.2 Å². The Morgan fingerprint density at radius 2 is 1.46 bits per heavy atom. The van der Waals surface area contributed by atoms with Crippen LogP contribution in [0.5, 0.6) is 0 Å². The van der Waals surface area contributed by atoms with E-state index in [2.05, 4.69) is 29.7 Å². The predicted molar refractivity (Wildman–Crippen MR) is 138 cm³/mol. The van der Waals surface area contributed by atoms with Gasteiger partial charge in [-0.2, -0.15) is 4.31 Å². The van der Waals surface area contributed by atoms with Gasteiger partial charge in [-0.15, -0.1) is 0 Å². The van der Waals surface area contributed by atoms with E-state index in [0.29, 0.717) is 24.3 Å². The van der Waals surface area contributed by atoms with Crippen molar-refractivity contribution in [3.8, 4) is 0 Å². The van der Waals surface area contributed by atoms with Gasteiger partial charge in [0.15, 0.2) is 0 Å². The van der Waals surface area contributed by atoms with Crippen molar-refractivity contribution in [1.29, 1.82) is 0 Å². The summed E-state index contributed by atoms with van der Waals surface area (Å²) in [4.78, 5) is 12.9. The lowest BCUT2D eigenvalue weighted by molar-refractivity contribution is -0.0440. The van der Waals surface area contributed by atoms with E-state index in [1.807, 2.05) is 56.3 Å². The Morgan fingerprint density at radius 3 is 2.06 bits per heavy atom. The first-order valence-electron chi connectivity index (χ1n) is 11.7. The molecule has 1 aliphatic rings. The normalized spacial score (nSPS) is 19.6. The lowest BCUT2D eigenvalue weighted by atomic mass is 10.1. The van der Waals surface area contributed by atoms with Crippen LogP contribution >= 0.6 is 0 Å². The molecule has 4 rings (SSSR count). The summed E-state index contributed by atoms with van der Waals surface area (Å²) < 4.78 is 33.1. The fraction of sp³-hybridized carbons (Fsp3) is 0.296. The van der Waals surface area contributed by atoms with Crippen LogP contribution in [0.25, 0.3) is 0 Å². The number of ether oxygens (including phenoxy) is 1. The van der Waals surface area contributed by atoms with Crippen molar-refractivity contribution < 1.29 is 17.9 Å². The highest BCUT2D eigenvalue weighted by molar-refractivity contribution is 7.89. The van der Waals surface area contributed by atoms with Crippen LogP contribution < -0.4 is 10.6 Å². The van der Waals surface area contributed by atoms with E-state index >= 15 is 0 Å². The zero-order chi connectivity index (χ0) is 25.0. The minimum atomic E-state index is -3.65. The topological polar surface area (TPSA) is 87.7 Å². The van der Waals surface area contributed by atoms with Crippen molar-refractivity contribution in [3.63, 3.8) is 0 Å². The molecule has 3 aromatic rings. The lowest BCUT2D eigenvalue weighted by Crippen LogP contribution is -2.48. The molecule has 0 saturated carbocycles. The summed E-state index contributed by atoms with van der Waals surface area (Å²) in [6, 6.07) is 23.8. The molecule has 8 heteroatoms. The van der Waals surface area contributed by atoms with Gasteiger partial charge in [0.25, 0.3) is 5.91 Å². The number of morpholine rings is 1. The molecule has 35 heavy (non-hydrogen) atoms. The molecule has 0 aliphatic carbocycles. The van der Waals surface area contributed by atoms with Gasteiger partial charge in [-0.1, -0.05) is 30.3 Å². The first kappa shape index (κ1) is 24.9.